The quantitative estimate of drug-likeness (QED) is 0.529. The number of aryl methyl sites for hydroxylation is 1. The zero-order chi connectivity index (χ0) is 19.4. The summed E-state index contributed by atoms with van der Waals surface area (Å²) < 4.78 is 11.4. The lowest BCUT2D eigenvalue weighted by atomic mass is 9.89. The van der Waals surface area contributed by atoms with Crippen molar-refractivity contribution < 1.29 is 4.74 Å². The second-order valence-corrected chi connectivity index (χ2v) is 7.60. The van der Waals surface area contributed by atoms with E-state index in [0.717, 1.165) is 48.5 Å². The van der Waals surface area contributed by atoms with Gasteiger partial charge in [-0.2, -0.15) is 10.2 Å². The Balaban J connectivity index is 1.20. The van der Waals surface area contributed by atoms with Crippen molar-refractivity contribution in [2.45, 2.75) is 43.9 Å². The molecular formula is C20H19N7O2. The number of rotatable bonds is 4. The van der Waals surface area contributed by atoms with E-state index in [9.17, 15) is 4.79 Å². The molecule has 2 aliphatic rings. The topological polar surface area (TPSA) is 92.1 Å². The van der Waals surface area contributed by atoms with E-state index in [0.29, 0.717) is 0 Å². The molecule has 9 nitrogen and oxygen atoms in total. The van der Waals surface area contributed by atoms with Crippen molar-refractivity contribution in [1.29, 1.82) is 0 Å². The van der Waals surface area contributed by atoms with Gasteiger partial charge in [-0.25, -0.2) is 14.0 Å². The highest BCUT2D eigenvalue weighted by Crippen LogP contribution is 2.36. The number of hydrogen-bond donors (Lipinski definition) is 0. The van der Waals surface area contributed by atoms with Crippen LogP contribution in [0.1, 0.15) is 42.9 Å². The predicted molar refractivity (Wildman–Crippen MR) is 103 cm³/mol. The molecule has 1 fully saturated rings. The van der Waals surface area contributed by atoms with Crippen LogP contribution in [0.5, 0.6) is 5.75 Å². The maximum absolute atomic E-state index is 13.0. The summed E-state index contributed by atoms with van der Waals surface area (Å²) in [5.74, 6) is 1.65. The lowest BCUT2D eigenvalue weighted by Gasteiger charge is -2.34. The first-order valence-electron chi connectivity index (χ1n) is 9.83. The van der Waals surface area contributed by atoms with Crippen LogP contribution in [0.4, 0.5) is 0 Å². The van der Waals surface area contributed by atoms with Gasteiger partial charge < -0.3 is 4.74 Å². The van der Waals surface area contributed by atoms with Gasteiger partial charge in [0.1, 0.15) is 23.2 Å². The normalized spacial score (nSPS) is 23.1. The van der Waals surface area contributed by atoms with Crippen molar-refractivity contribution in [3.8, 4) is 5.75 Å². The molecular weight excluding hydrogens is 370 g/mol. The van der Waals surface area contributed by atoms with Gasteiger partial charge >= 0.3 is 5.69 Å². The lowest BCUT2D eigenvalue weighted by molar-refractivity contribution is 0.0632. The second-order valence-electron chi connectivity index (χ2n) is 7.60. The average Bonchev–Trinajstić information content (AvgIpc) is 3.42. The van der Waals surface area contributed by atoms with Gasteiger partial charge in [0.25, 0.3) is 0 Å². The molecule has 6 rings (SSSR count). The number of nitrogens with zero attached hydrogens (tertiary/aromatic N) is 7. The summed E-state index contributed by atoms with van der Waals surface area (Å²) in [6.45, 7) is 0. The van der Waals surface area contributed by atoms with Crippen molar-refractivity contribution in [2.75, 3.05) is 0 Å². The molecule has 0 saturated heterocycles. The number of aromatic nitrogens is 7. The van der Waals surface area contributed by atoms with Gasteiger partial charge in [0, 0.05) is 43.9 Å². The molecule has 29 heavy (non-hydrogen) atoms. The molecule has 0 spiro atoms. The summed E-state index contributed by atoms with van der Waals surface area (Å²) in [6.07, 6.45) is 11.9. The molecule has 9 heteroatoms. The van der Waals surface area contributed by atoms with Gasteiger partial charge in [-0.3, -0.25) is 14.5 Å². The van der Waals surface area contributed by atoms with Crippen LogP contribution in [0.15, 0.2) is 54.0 Å². The fourth-order valence-corrected chi connectivity index (χ4v) is 4.35. The maximum Gasteiger partial charge on any atom is 0.346 e. The van der Waals surface area contributed by atoms with Crippen LogP contribution in [0.25, 0.3) is 5.52 Å². The average molecular weight is 389 g/mol. The summed E-state index contributed by atoms with van der Waals surface area (Å²) in [4.78, 5) is 21.6. The number of hydrogen-bond acceptors (Lipinski definition) is 6. The van der Waals surface area contributed by atoms with E-state index in [1.807, 2.05) is 24.4 Å². The third kappa shape index (κ3) is 2.57. The molecule has 0 aromatic carbocycles. The van der Waals surface area contributed by atoms with E-state index in [4.69, 9.17) is 4.74 Å². The number of fused-ring (bicyclic) bond motifs is 2. The molecule has 0 radical (unpaired) electrons. The monoisotopic (exact) mass is 389 g/mol. The largest absolute Gasteiger partial charge is 0.488 e. The highest BCUT2D eigenvalue weighted by molar-refractivity contribution is 5.59. The molecule has 0 unspecified atom stereocenters. The third-order valence-electron chi connectivity index (χ3n) is 5.89. The molecule has 1 atom stereocenters. The maximum atomic E-state index is 13.0. The summed E-state index contributed by atoms with van der Waals surface area (Å²) >= 11 is 0. The Morgan fingerprint density at radius 2 is 2.07 bits per heavy atom. The first-order valence-corrected chi connectivity index (χ1v) is 9.83. The highest BCUT2D eigenvalue weighted by Gasteiger charge is 2.38. The SMILES string of the molecule is O=c1n(C2CC(Oc3ccnn4cccc34)C2)nc2n1[C@H](c1cnccn1)CC2. The zero-order valence-corrected chi connectivity index (χ0v) is 15.6. The fraction of sp³-hybridized carbons (Fsp3) is 0.350. The first kappa shape index (κ1) is 16.5. The van der Waals surface area contributed by atoms with Crippen molar-refractivity contribution >= 4 is 5.52 Å². The van der Waals surface area contributed by atoms with Crippen LogP contribution in [-0.2, 0) is 6.42 Å². The molecule has 0 bridgehead atoms. The minimum atomic E-state index is -0.0773. The summed E-state index contributed by atoms with van der Waals surface area (Å²) in [7, 11) is 0. The van der Waals surface area contributed by atoms with Crippen molar-refractivity contribution in [2.24, 2.45) is 0 Å². The standard InChI is InChI=1S/C20H19N7O2/c28-20-26-16(15-12-21-7-8-22-15)3-4-19(26)24-27(20)13-10-14(11-13)29-18-5-6-23-25-9-1-2-17(18)25/h1-2,5-9,12-14,16H,3-4,10-11H2/t13?,14?,16-/m0/s1. The minimum Gasteiger partial charge on any atom is -0.488 e. The van der Waals surface area contributed by atoms with E-state index in [2.05, 4.69) is 20.2 Å². The van der Waals surface area contributed by atoms with Crippen molar-refractivity contribution in [1.82, 2.24) is 33.9 Å². The first-order chi connectivity index (χ1) is 14.3. The van der Waals surface area contributed by atoms with Gasteiger partial charge in [-0.1, -0.05) is 0 Å². The van der Waals surface area contributed by atoms with Crippen molar-refractivity contribution in [3.05, 3.63) is 71.2 Å². The summed E-state index contributed by atoms with van der Waals surface area (Å²) in [5.41, 5.74) is 1.70. The Morgan fingerprint density at radius 3 is 2.93 bits per heavy atom. The molecule has 4 aromatic heterocycles. The van der Waals surface area contributed by atoms with E-state index < -0.39 is 0 Å². The van der Waals surface area contributed by atoms with Gasteiger partial charge in [0.15, 0.2) is 0 Å². The van der Waals surface area contributed by atoms with Crippen LogP contribution in [-0.4, -0.2) is 40.0 Å². The van der Waals surface area contributed by atoms with Crippen LogP contribution >= 0.6 is 0 Å². The Hall–Kier alpha value is -3.49. The van der Waals surface area contributed by atoms with E-state index in [1.54, 1.807) is 38.6 Å². The molecule has 1 aliphatic heterocycles. The van der Waals surface area contributed by atoms with Crippen LogP contribution in [0, 0.1) is 0 Å². The van der Waals surface area contributed by atoms with E-state index in [1.165, 1.54) is 0 Å². The summed E-state index contributed by atoms with van der Waals surface area (Å²) in [6, 6.07) is 5.80. The minimum absolute atomic E-state index is 0.0607. The molecule has 0 amide bonds. The Morgan fingerprint density at radius 1 is 1.14 bits per heavy atom. The van der Waals surface area contributed by atoms with Gasteiger partial charge in [-0.15, -0.1) is 0 Å². The van der Waals surface area contributed by atoms with Crippen LogP contribution in [0.3, 0.4) is 0 Å². The Kier molecular flexibility index (Phi) is 3.56. The van der Waals surface area contributed by atoms with E-state index in [-0.39, 0.29) is 23.9 Å². The third-order valence-corrected chi connectivity index (χ3v) is 5.89. The van der Waals surface area contributed by atoms with E-state index >= 15 is 0 Å². The Bertz CT molecular complexity index is 1240. The Labute approximate surface area is 165 Å². The summed E-state index contributed by atoms with van der Waals surface area (Å²) in [5, 5.41) is 8.88. The zero-order valence-electron chi connectivity index (χ0n) is 15.6. The molecule has 146 valence electrons. The lowest BCUT2D eigenvalue weighted by Crippen LogP contribution is -2.41. The fourth-order valence-electron chi connectivity index (χ4n) is 4.35. The molecule has 4 aromatic rings. The predicted octanol–water partition coefficient (Wildman–Crippen LogP) is 1.80. The van der Waals surface area contributed by atoms with Gasteiger partial charge in [0.05, 0.1) is 30.2 Å². The second kappa shape index (κ2) is 6.26. The van der Waals surface area contributed by atoms with Crippen LogP contribution in [0.2, 0.25) is 0 Å². The molecule has 1 aliphatic carbocycles. The molecule has 0 N–H and O–H groups in total. The number of ether oxygens (including phenoxy) is 1. The van der Waals surface area contributed by atoms with Crippen molar-refractivity contribution in [3.63, 3.8) is 0 Å². The van der Waals surface area contributed by atoms with Gasteiger partial charge in [0.2, 0.25) is 0 Å². The van der Waals surface area contributed by atoms with Gasteiger partial charge in [-0.05, 0) is 18.6 Å². The smallest absolute Gasteiger partial charge is 0.346 e. The molecule has 1 saturated carbocycles. The highest BCUT2D eigenvalue weighted by atomic mass is 16.5. The molecule has 5 heterocycles. The van der Waals surface area contributed by atoms with Crippen LogP contribution < -0.4 is 10.4 Å².